The molecule has 1 rings (SSSR count). The zero-order chi connectivity index (χ0) is 14.1. The Morgan fingerprint density at radius 3 is 2.17 bits per heavy atom. The Balaban J connectivity index is 3.03. The second kappa shape index (κ2) is 4.55. The normalized spacial score (nSPS) is 19.6. The van der Waals surface area contributed by atoms with Gasteiger partial charge >= 0.3 is 18.0 Å². The number of carbonyl (C=O) groups excluding carboxylic acids is 3. The summed E-state index contributed by atoms with van der Waals surface area (Å²) in [6.07, 6.45) is -2.42. The zero-order valence-corrected chi connectivity index (χ0v) is 10.1. The maximum atomic E-state index is 11.5. The third kappa shape index (κ3) is 2.90. The second-order valence-corrected chi connectivity index (χ2v) is 4.02. The van der Waals surface area contributed by atoms with Crippen LogP contribution in [-0.2, 0) is 23.8 Å². The van der Waals surface area contributed by atoms with Gasteiger partial charge in [-0.2, -0.15) is 0 Å². The Hall–Kier alpha value is -2.25. The lowest BCUT2D eigenvalue weighted by Gasteiger charge is -2.30. The number of rotatable bonds is 2. The molecule has 0 aromatic carbocycles. The molecule has 8 nitrogen and oxygen atoms in total. The number of carbonyl (C=O) groups is 3. The van der Waals surface area contributed by atoms with Gasteiger partial charge in [0.1, 0.15) is 0 Å². The van der Waals surface area contributed by atoms with Crippen molar-refractivity contribution in [1.82, 2.24) is 0 Å². The van der Waals surface area contributed by atoms with Gasteiger partial charge in [0.05, 0.1) is 0 Å². The maximum absolute atomic E-state index is 11.5. The quantitative estimate of drug-likeness (QED) is 0.312. The SMILES string of the molecule is C[C@@H](OC(N)=O)C(O)=C1C(=O)OC(C)(C)OC1=O. The molecule has 0 aromatic rings. The molecule has 1 atom stereocenters. The average molecular weight is 259 g/mol. The first kappa shape index (κ1) is 13.8. The molecule has 0 radical (unpaired) electrons. The van der Waals surface area contributed by atoms with E-state index in [-0.39, 0.29) is 0 Å². The molecule has 3 N–H and O–H groups in total. The van der Waals surface area contributed by atoms with E-state index in [1.54, 1.807) is 0 Å². The van der Waals surface area contributed by atoms with Crippen LogP contribution in [0.2, 0.25) is 0 Å². The molecule has 0 bridgehead atoms. The molecule has 0 aromatic heterocycles. The number of cyclic esters (lactones) is 2. The Morgan fingerprint density at radius 1 is 1.33 bits per heavy atom. The summed E-state index contributed by atoms with van der Waals surface area (Å²) >= 11 is 0. The number of aliphatic hydroxyl groups excluding tert-OH is 1. The molecule has 0 aliphatic carbocycles. The van der Waals surface area contributed by atoms with Gasteiger partial charge in [-0.3, -0.25) is 0 Å². The van der Waals surface area contributed by atoms with Crippen molar-refractivity contribution in [1.29, 1.82) is 0 Å². The van der Waals surface area contributed by atoms with Crippen LogP contribution in [0.25, 0.3) is 0 Å². The van der Waals surface area contributed by atoms with Gasteiger partial charge in [-0.1, -0.05) is 0 Å². The number of hydrogen-bond acceptors (Lipinski definition) is 7. The monoisotopic (exact) mass is 259 g/mol. The van der Waals surface area contributed by atoms with Crippen molar-refractivity contribution >= 4 is 18.0 Å². The highest BCUT2D eigenvalue weighted by atomic mass is 16.7. The third-order valence-electron chi connectivity index (χ3n) is 2.02. The summed E-state index contributed by atoms with van der Waals surface area (Å²) in [6.45, 7) is 3.95. The number of hydrogen-bond donors (Lipinski definition) is 2. The van der Waals surface area contributed by atoms with E-state index in [2.05, 4.69) is 4.74 Å². The molecule has 18 heavy (non-hydrogen) atoms. The Kier molecular flexibility index (Phi) is 3.49. The smallest absolute Gasteiger partial charge is 0.405 e. The molecule has 1 fully saturated rings. The third-order valence-corrected chi connectivity index (χ3v) is 2.02. The first-order valence-electron chi connectivity index (χ1n) is 5.00. The Bertz CT molecular complexity index is 416. The van der Waals surface area contributed by atoms with Crippen molar-refractivity contribution in [3.63, 3.8) is 0 Å². The lowest BCUT2D eigenvalue weighted by Crippen LogP contribution is -2.43. The van der Waals surface area contributed by atoms with Gasteiger partial charge < -0.3 is 25.1 Å². The predicted octanol–water partition coefficient (Wildman–Crippen LogP) is 0.118. The van der Waals surface area contributed by atoms with Gasteiger partial charge in [0.15, 0.2) is 17.4 Å². The minimum Gasteiger partial charge on any atom is -0.507 e. The van der Waals surface area contributed by atoms with Crippen molar-refractivity contribution in [3.8, 4) is 0 Å². The molecule has 1 amide bonds. The van der Waals surface area contributed by atoms with E-state index in [0.29, 0.717) is 0 Å². The summed E-state index contributed by atoms with van der Waals surface area (Å²) in [5, 5.41) is 9.65. The summed E-state index contributed by atoms with van der Waals surface area (Å²) < 4.78 is 14.0. The highest BCUT2D eigenvalue weighted by molar-refractivity contribution is 6.15. The molecular weight excluding hydrogens is 246 g/mol. The average Bonchev–Trinajstić information content (AvgIpc) is 2.12. The van der Waals surface area contributed by atoms with Crippen molar-refractivity contribution in [2.75, 3.05) is 0 Å². The predicted molar refractivity (Wildman–Crippen MR) is 56.0 cm³/mol. The number of nitrogens with two attached hydrogens (primary N) is 1. The summed E-state index contributed by atoms with van der Waals surface area (Å²) in [7, 11) is 0. The van der Waals surface area contributed by atoms with E-state index >= 15 is 0 Å². The molecule has 1 heterocycles. The van der Waals surface area contributed by atoms with E-state index in [1.165, 1.54) is 20.8 Å². The second-order valence-electron chi connectivity index (χ2n) is 4.02. The van der Waals surface area contributed by atoms with E-state index in [1.807, 2.05) is 0 Å². The van der Waals surface area contributed by atoms with E-state index in [4.69, 9.17) is 15.2 Å². The summed E-state index contributed by atoms with van der Waals surface area (Å²) in [6, 6.07) is 0. The number of esters is 2. The van der Waals surface area contributed by atoms with Crippen LogP contribution in [0.15, 0.2) is 11.3 Å². The van der Waals surface area contributed by atoms with Crippen LogP contribution >= 0.6 is 0 Å². The summed E-state index contributed by atoms with van der Waals surface area (Å²) in [5.74, 6) is -4.31. The van der Waals surface area contributed by atoms with E-state index in [0.717, 1.165) is 0 Å². The number of ether oxygens (including phenoxy) is 3. The number of amides is 1. The molecular formula is C10H13NO7. The standard InChI is InChI=1S/C10H13NO7/c1-4(16-9(11)15)6(12)5-7(13)17-10(2,3)18-8(5)14/h4,12H,1-3H3,(H2,11,15)/t4-/m1/s1. The lowest BCUT2D eigenvalue weighted by molar-refractivity contribution is -0.223. The molecule has 0 unspecified atom stereocenters. The van der Waals surface area contributed by atoms with Gasteiger partial charge in [-0.25, -0.2) is 14.4 Å². The summed E-state index contributed by atoms with van der Waals surface area (Å²) in [4.78, 5) is 33.6. The van der Waals surface area contributed by atoms with Gasteiger partial charge in [-0.05, 0) is 6.92 Å². The van der Waals surface area contributed by atoms with Crippen LogP contribution in [0.4, 0.5) is 4.79 Å². The van der Waals surface area contributed by atoms with Crippen molar-refractivity contribution in [2.45, 2.75) is 32.7 Å². The summed E-state index contributed by atoms with van der Waals surface area (Å²) in [5.41, 5.74) is 4.03. The zero-order valence-electron chi connectivity index (χ0n) is 10.1. The fourth-order valence-corrected chi connectivity index (χ4v) is 1.30. The molecule has 1 saturated heterocycles. The molecule has 0 saturated carbocycles. The lowest BCUT2D eigenvalue weighted by atomic mass is 10.1. The minimum atomic E-state index is -1.41. The number of primary amides is 1. The Labute approximate surface area is 102 Å². The van der Waals surface area contributed by atoms with E-state index < -0.39 is 41.3 Å². The fraction of sp³-hybridized carbons (Fsp3) is 0.500. The van der Waals surface area contributed by atoms with Crippen LogP contribution in [0.3, 0.4) is 0 Å². The van der Waals surface area contributed by atoms with Crippen LogP contribution in [0.1, 0.15) is 20.8 Å². The highest BCUT2D eigenvalue weighted by Crippen LogP contribution is 2.25. The molecule has 1 aliphatic rings. The first-order valence-corrected chi connectivity index (χ1v) is 5.00. The van der Waals surface area contributed by atoms with Crippen molar-refractivity contribution in [2.24, 2.45) is 5.73 Å². The fourth-order valence-electron chi connectivity index (χ4n) is 1.30. The van der Waals surface area contributed by atoms with Crippen molar-refractivity contribution < 1.29 is 33.7 Å². The largest absolute Gasteiger partial charge is 0.507 e. The molecule has 1 aliphatic heterocycles. The molecule has 0 spiro atoms. The highest BCUT2D eigenvalue weighted by Gasteiger charge is 2.42. The van der Waals surface area contributed by atoms with E-state index in [9.17, 15) is 19.5 Å². The van der Waals surface area contributed by atoms with Crippen LogP contribution in [0.5, 0.6) is 0 Å². The number of aliphatic hydroxyl groups is 1. The van der Waals surface area contributed by atoms with Crippen LogP contribution < -0.4 is 5.73 Å². The molecule has 8 heteroatoms. The van der Waals surface area contributed by atoms with Gasteiger partial charge in [-0.15, -0.1) is 0 Å². The van der Waals surface area contributed by atoms with Gasteiger partial charge in [0, 0.05) is 13.8 Å². The van der Waals surface area contributed by atoms with Crippen molar-refractivity contribution in [3.05, 3.63) is 11.3 Å². The topological polar surface area (TPSA) is 125 Å². The minimum absolute atomic E-state index is 0.719. The van der Waals surface area contributed by atoms with Gasteiger partial charge in [0.2, 0.25) is 0 Å². The maximum Gasteiger partial charge on any atom is 0.405 e. The molecule has 100 valence electrons. The van der Waals surface area contributed by atoms with Crippen LogP contribution in [-0.4, -0.2) is 35.0 Å². The van der Waals surface area contributed by atoms with Gasteiger partial charge in [0.25, 0.3) is 5.79 Å². The first-order chi connectivity index (χ1) is 8.14. The van der Waals surface area contributed by atoms with Crippen LogP contribution in [0, 0.1) is 0 Å². The Morgan fingerprint density at radius 2 is 1.78 bits per heavy atom.